The number of carbonyl (C=O) groups excluding carboxylic acids is 1. The number of rotatable bonds is 5. The number of pyridine rings is 1. The number of benzene rings is 2. The molecule has 0 atom stereocenters. The van der Waals surface area contributed by atoms with Crippen molar-refractivity contribution in [3.8, 4) is 0 Å². The summed E-state index contributed by atoms with van der Waals surface area (Å²) in [5, 5.41) is 6.65. The fourth-order valence-corrected chi connectivity index (χ4v) is 2.29. The molecular weight excluding hydrogens is 322 g/mol. The molecule has 0 aliphatic rings. The number of carbonyl (C=O) groups is 1. The third-order valence-electron chi connectivity index (χ3n) is 3.44. The summed E-state index contributed by atoms with van der Waals surface area (Å²) in [5.74, 6) is 0.557. The van der Waals surface area contributed by atoms with Crippen LogP contribution >= 0.6 is 11.6 Å². The van der Waals surface area contributed by atoms with Crippen LogP contribution in [0, 0.1) is 0 Å². The maximum atomic E-state index is 12.1. The molecule has 0 aliphatic carbocycles. The Morgan fingerprint density at radius 1 is 0.958 bits per heavy atom. The standard InChI is InChI=1S/C19H16ClN3O/c20-16-8-6-15(7-9-16)19(24)23-17-10-11-18(22-13-17)21-12-14-4-2-1-3-5-14/h1-11,13H,12H2,(H,21,22)(H,23,24). The lowest BCUT2D eigenvalue weighted by Gasteiger charge is -2.08. The molecular formula is C19H16ClN3O. The average molecular weight is 338 g/mol. The first-order valence-corrected chi connectivity index (χ1v) is 7.89. The fourth-order valence-electron chi connectivity index (χ4n) is 2.17. The molecule has 0 bridgehead atoms. The van der Waals surface area contributed by atoms with E-state index in [4.69, 9.17) is 11.6 Å². The van der Waals surface area contributed by atoms with Crippen LogP contribution in [0.4, 0.5) is 11.5 Å². The average Bonchev–Trinajstić information content (AvgIpc) is 2.62. The van der Waals surface area contributed by atoms with Crippen LogP contribution in [0.5, 0.6) is 0 Å². The minimum absolute atomic E-state index is 0.196. The Labute approximate surface area is 145 Å². The van der Waals surface area contributed by atoms with Gasteiger partial charge in [0, 0.05) is 17.1 Å². The Balaban J connectivity index is 1.58. The summed E-state index contributed by atoms with van der Waals surface area (Å²) in [6, 6.07) is 20.5. The fraction of sp³-hybridized carbons (Fsp3) is 0.0526. The molecule has 0 fully saturated rings. The highest BCUT2D eigenvalue weighted by molar-refractivity contribution is 6.30. The Kier molecular flexibility index (Phi) is 5.08. The van der Waals surface area contributed by atoms with Crippen molar-refractivity contribution in [2.24, 2.45) is 0 Å². The van der Waals surface area contributed by atoms with Crippen molar-refractivity contribution >= 4 is 29.0 Å². The third kappa shape index (κ3) is 4.33. The largest absolute Gasteiger partial charge is 0.366 e. The van der Waals surface area contributed by atoms with E-state index in [9.17, 15) is 4.79 Å². The number of nitrogens with zero attached hydrogens (tertiary/aromatic N) is 1. The molecule has 24 heavy (non-hydrogen) atoms. The number of anilines is 2. The van der Waals surface area contributed by atoms with Crippen molar-refractivity contribution in [1.29, 1.82) is 0 Å². The van der Waals surface area contributed by atoms with Crippen LogP contribution in [-0.4, -0.2) is 10.9 Å². The zero-order valence-corrected chi connectivity index (χ0v) is 13.6. The first-order chi connectivity index (χ1) is 11.7. The summed E-state index contributed by atoms with van der Waals surface area (Å²) < 4.78 is 0. The lowest BCUT2D eigenvalue weighted by Crippen LogP contribution is -2.12. The molecule has 1 heterocycles. The highest BCUT2D eigenvalue weighted by atomic mass is 35.5. The molecule has 4 nitrogen and oxygen atoms in total. The lowest BCUT2D eigenvalue weighted by atomic mass is 10.2. The number of hydrogen-bond acceptors (Lipinski definition) is 3. The van der Waals surface area contributed by atoms with Gasteiger partial charge in [0.1, 0.15) is 5.82 Å². The van der Waals surface area contributed by atoms with Gasteiger partial charge in [-0.3, -0.25) is 4.79 Å². The molecule has 0 aliphatic heterocycles. The Bertz CT molecular complexity index is 802. The van der Waals surface area contributed by atoms with Crippen molar-refractivity contribution in [3.05, 3.63) is 89.1 Å². The minimum atomic E-state index is -0.196. The molecule has 120 valence electrons. The van der Waals surface area contributed by atoms with Crippen LogP contribution in [0.1, 0.15) is 15.9 Å². The molecule has 0 saturated heterocycles. The van der Waals surface area contributed by atoms with Gasteiger partial charge in [0.2, 0.25) is 0 Å². The predicted octanol–water partition coefficient (Wildman–Crippen LogP) is 4.60. The molecule has 0 saturated carbocycles. The van der Waals surface area contributed by atoms with E-state index in [0.717, 1.165) is 5.82 Å². The van der Waals surface area contributed by atoms with Crippen LogP contribution in [0.3, 0.4) is 0 Å². The smallest absolute Gasteiger partial charge is 0.255 e. The molecule has 1 amide bonds. The van der Waals surface area contributed by atoms with Gasteiger partial charge in [-0.05, 0) is 42.0 Å². The van der Waals surface area contributed by atoms with Gasteiger partial charge in [0.25, 0.3) is 5.91 Å². The molecule has 0 unspecified atom stereocenters. The second-order valence-corrected chi connectivity index (χ2v) is 5.67. The Morgan fingerprint density at radius 3 is 2.38 bits per heavy atom. The minimum Gasteiger partial charge on any atom is -0.366 e. The zero-order chi connectivity index (χ0) is 16.8. The van der Waals surface area contributed by atoms with Crippen LogP contribution in [0.2, 0.25) is 5.02 Å². The summed E-state index contributed by atoms with van der Waals surface area (Å²) in [6.45, 7) is 0.699. The zero-order valence-electron chi connectivity index (χ0n) is 12.9. The van der Waals surface area contributed by atoms with E-state index >= 15 is 0 Å². The SMILES string of the molecule is O=C(Nc1ccc(NCc2ccccc2)nc1)c1ccc(Cl)cc1. The Hall–Kier alpha value is -2.85. The van der Waals surface area contributed by atoms with Crippen molar-refractivity contribution < 1.29 is 4.79 Å². The molecule has 2 aromatic carbocycles. The molecule has 1 aromatic heterocycles. The van der Waals surface area contributed by atoms with Crippen LogP contribution in [-0.2, 0) is 6.54 Å². The monoisotopic (exact) mass is 337 g/mol. The normalized spacial score (nSPS) is 10.2. The summed E-state index contributed by atoms with van der Waals surface area (Å²) >= 11 is 5.82. The number of aromatic nitrogens is 1. The second-order valence-electron chi connectivity index (χ2n) is 5.23. The lowest BCUT2D eigenvalue weighted by molar-refractivity contribution is 0.102. The first-order valence-electron chi connectivity index (χ1n) is 7.51. The maximum Gasteiger partial charge on any atom is 0.255 e. The third-order valence-corrected chi connectivity index (χ3v) is 3.70. The second kappa shape index (κ2) is 7.62. The number of nitrogens with one attached hydrogen (secondary N) is 2. The summed E-state index contributed by atoms with van der Waals surface area (Å²) in [4.78, 5) is 16.4. The first kappa shape index (κ1) is 16.0. The van der Waals surface area contributed by atoms with Crippen molar-refractivity contribution in [1.82, 2.24) is 4.98 Å². The predicted molar refractivity (Wildman–Crippen MR) is 97.4 cm³/mol. The van der Waals surface area contributed by atoms with Crippen LogP contribution < -0.4 is 10.6 Å². The van der Waals surface area contributed by atoms with Crippen LogP contribution in [0.15, 0.2) is 72.9 Å². The van der Waals surface area contributed by atoms with Crippen molar-refractivity contribution in [2.75, 3.05) is 10.6 Å². The van der Waals surface area contributed by atoms with Crippen LogP contribution in [0.25, 0.3) is 0 Å². The molecule has 0 spiro atoms. The van der Waals surface area contributed by atoms with E-state index in [0.29, 0.717) is 22.8 Å². The van der Waals surface area contributed by atoms with Gasteiger partial charge in [-0.2, -0.15) is 0 Å². The molecule has 3 rings (SSSR count). The van der Waals surface area contributed by atoms with Gasteiger partial charge in [-0.1, -0.05) is 41.9 Å². The topological polar surface area (TPSA) is 54.0 Å². The van der Waals surface area contributed by atoms with E-state index in [-0.39, 0.29) is 5.91 Å². The van der Waals surface area contributed by atoms with Gasteiger partial charge < -0.3 is 10.6 Å². The van der Waals surface area contributed by atoms with Gasteiger partial charge in [0.05, 0.1) is 11.9 Å². The summed E-state index contributed by atoms with van der Waals surface area (Å²) in [5.41, 5.74) is 2.37. The molecule has 3 aromatic rings. The number of hydrogen-bond donors (Lipinski definition) is 2. The number of halogens is 1. The van der Waals surface area contributed by atoms with Gasteiger partial charge >= 0.3 is 0 Å². The molecule has 2 N–H and O–H groups in total. The summed E-state index contributed by atoms with van der Waals surface area (Å²) in [6.07, 6.45) is 1.63. The molecule has 5 heteroatoms. The molecule has 0 radical (unpaired) electrons. The van der Waals surface area contributed by atoms with Crippen molar-refractivity contribution in [2.45, 2.75) is 6.54 Å². The highest BCUT2D eigenvalue weighted by Gasteiger charge is 2.06. The van der Waals surface area contributed by atoms with E-state index in [1.807, 2.05) is 42.5 Å². The van der Waals surface area contributed by atoms with Gasteiger partial charge in [0.15, 0.2) is 0 Å². The van der Waals surface area contributed by atoms with E-state index in [1.54, 1.807) is 30.5 Å². The maximum absolute atomic E-state index is 12.1. The van der Waals surface area contributed by atoms with Gasteiger partial charge in [-0.15, -0.1) is 0 Å². The Morgan fingerprint density at radius 2 is 1.71 bits per heavy atom. The van der Waals surface area contributed by atoms with Crippen molar-refractivity contribution in [3.63, 3.8) is 0 Å². The highest BCUT2D eigenvalue weighted by Crippen LogP contribution is 2.14. The quantitative estimate of drug-likeness (QED) is 0.715. The van der Waals surface area contributed by atoms with E-state index in [1.165, 1.54) is 5.56 Å². The number of amides is 1. The van der Waals surface area contributed by atoms with E-state index < -0.39 is 0 Å². The van der Waals surface area contributed by atoms with Gasteiger partial charge in [-0.25, -0.2) is 4.98 Å². The summed E-state index contributed by atoms with van der Waals surface area (Å²) in [7, 11) is 0. The van der Waals surface area contributed by atoms with E-state index in [2.05, 4.69) is 15.6 Å².